The Hall–Kier alpha value is -3.40. The zero-order valence-electron chi connectivity index (χ0n) is 18.0. The van der Waals surface area contributed by atoms with Crippen LogP contribution in [0.3, 0.4) is 0 Å². The number of nitrogens with zero attached hydrogens (tertiary/aromatic N) is 2. The summed E-state index contributed by atoms with van der Waals surface area (Å²) >= 11 is 0. The van der Waals surface area contributed by atoms with E-state index in [-0.39, 0.29) is 12.3 Å². The summed E-state index contributed by atoms with van der Waals surface area (Å²) in [6.45, 7) is 8.38. The van der Waals surface area contributed by atoms with Crippen molar-refractivity contribution in [3.63, 3.8) is 0 Å². The summed E-state index contributed by atoms with van der Waals surface area (Å²) in [6, 6.07) is 18.5. The molecule has 2 heterocycles. The molecule has 0 saturated heterocycles. The molecule has 0 fully saturated rings. The summed E-state index contributed by atoms with van der Waals surface area (Å²) in [6.07, 6.45) is 3.23. The largest absolute Gasteiger partial charge is 0.326 e. The highest BCUT2D eigenvalue weighted by molar-refractivity contribution is 5.93. The molecule has 4 heteroatoms. The Morgan fingerprint density at radius 3 is 2.43 bits per heavy atom. The van der Waals surface area contributed by atoms with Gasteiger partial charge in [0.1, 0.15) is 5.65 Å². The fraction of sp³-hybridized carbons (Fsp3) is 0.231. The van der Waals surface area contributed by atoms with Crippen LogP contribution in [-0.2, 0) is 17.6 Å². The molecule has 2 aromatic carbocycles. The van der Waals surface area contributed by atoms with Crippen molar-refractivity contribution in [3.8, 4) is 11.3 Å². The number of amides is 1. The van der Waals surface area contributed by atoms with Gasteiger partial charge in [0.15, 0.2) is 0 Å². The van der Waals surface area contributed by atoms with Crippen LogP contribution in [0.2, 0.25) is 0 Å². The molecule has 0 bridgehead atoms. The van der Waals surface area contributed by atoms with Crippen LogP contribution in [0.5, 0.6) is 0 Å². The number of fused-ring (bicyclic) bond motifs is 1. The molecule has 2 aromatic heterocycles. The molecule has 0 aliphatic heterocycles. The normalized spacial score (nSPS) is 11.1. The molecule has 30 heavy (non-hydrogen) atoms. The maximum atomic E-state index is 12.9. The number of carbonyl (C=O) groups is 1. The second-order valence-corrected chi connectivity index (χ2v) is 7.91. The lowest BCUT2D eigenvalue weighted by Crippen LogP contribution is -2.16. The van der Waals surface area contributed by atoms with Gasteiger partial charge < -0.3 is 9.72 Å². The molecule has 152 valence electrons. The van der Waals surface area contributed by atoms with Crippen LogP contribution in [0.1, 0.15) is 34.9 Å². The molecule has 4 rings (SSSR count). The summed E-state index contributed by atoms with van der Waals surface area (Å²) in [4.78, 5) is 17.8. The number of anilines is 1. The van der Waals surface area contributed by atoms with Crippen molar-refractivity contribution in [2.45, 2.75) is 40.5 Å². The Morgan fingerprint density at radius 1 is 0.967 bits per heavy atom. The van der Waals surface area contributed by atoms with E-state index < -0.39 is 0 Å². The fourth-order valence-electron chi connectivity index (χ4n) is 3.67. The van der Waals surface area contributed by atoms with Crippen LogP contribution in [0.15, 0.2) is 60.8 Å². The van der Waals surface area contributed by atoms with Gasteiger partial charge in [-0.3, -0.25) is 4.79 Å². The molecule has 0 radical (unpaired) electrons. The third-order valence-electron chi connectivity index (χ3n) is 5.63. The van der Waals surface area contributed by atoms with Gasteiger partial charge in [0.05, 0.1) is 17.8 Å². The van der Waals surface area contributed by atoms with E-state index >= 15 is 0 Å². The average molecular weight is 398 g/mol. The van der Waals surface area contributed by atoms with Gasteiger partial charge in [0.2, 0.25) is 5.91 Å². The van der Waals surface area contributed by atoms with Gasteiger partial charge in [0.25, 0.3) is 0 Å². The highest BCUT2D eigenvalue weighted by Gasteiger charge is 2.18. The number of nitrogens with one attached hydrogen (secondary N) is 1. The summed E-state index contributed by atoms with van der Waals surface area (Å²) in [7, 11) is 0. The molecule has 0 spiro atoms. The third-order valence-corrected chi connectivity index (χ3v) is 5.63. The number of hydrogen-bond acceptors (Lipinski definition) is 2. The van der Waals surface area contributed by atoms with Crippen molar-refractivity contribution in [2.24, 2.45) is 0 Å². The van der Waals surface area contributed by atoms with Crippen LogP contribution < -0.4 is 5.32 Å². The minimum absolute atomic E-state index is 0.0493. The second kappa shape index (κ2) is 8.15. The van der Waals surface area contributed by atoms with Gasteiger partial charge in [-0.15, -0.1) is 0 Å². The first-order valence-electron chi connectivity index (χ1n) is 10.4. The van der Waals surface area contributed by atoms with Gasteiger partial charge >= 0.3 is 0 Å². The zero-order chi connectivity index (χ0) is 21.3. The number of imidazole rings is 1. The van der Waals surface area contributed by atoms with Crippen molar-refractivity contribution in [1.82, 2.24) is 9.38 Å². The van der Waals surface area contributed by atoms with Crippen molar-refractivity contribution < 1.29 is 4.79 Å². The standard InChI is InChI=1S/C26H27N3O/c1-5-20-7-10-22(11-8-20)27-25(30)16-23-26(21-9-6-18(3)19(4)15-21)28-24-14-17(2)12-13-29(23)24/h6-15H,5,16H2,1-4H3,(H,27,30). The van der Waals surface area contributed by atoms with Gasteiger partial charge in [-0.05, 0) is 79.8 Å². The first-order valence-corrected chi connectivity index (χ1v) is 10.4. The Bertz CT molecular complexity index is 1220. The van der Waals surface area contributed by atoms with E-state index in [0.717, 1.165) is 40.3 Å². The molecule has 0 saturated carbocycles. The van der Waals surface area contributed by atoms with Gasteiger partial charge in [-0.1, -0.05) is 31.2 Å². The average Bonchev–Trinajstić information content (AvgIpc) is 3.07. The SMILES string of the molecule is CCc1ccc(NC(=O)Cc2c(-c3ccc(C)c(C)c3)nc3cc(C)ccn23)cc1. The van der Waals surface area contributed by atoms with Crippen molar-refractivity contribution in [2.75, 3.05) is 5.32 Å². The van der Waals surface area contributed by atoms with Crippen molar-refractivity contribution in [3.05, 3.63) is 88.7 Å². The van der Waals surface area contributed by atoms with Crippen LogP contribution in [-0.4, -0.2) is 15.3 Å². The van der Waals surface area contributed by atoms with Gasteiger partial charge in [-0.2, -0.15) is 0 Å². The number of rotatable bonds is 5. The smallest absolute Gasteiger partial charge is 0.230 e. The Morgan fingerprint density at radius 2 is 1.73 bits per heavy atom. The predicted octanol–water partition coefficient (Wildman–Crippen LogP) is 5.67. The quantitative estimate of drug-likeness (QED) is 0.472. The molecule has 0 atom stereocenters. The zero-order valence-corrected chi connectivity index (χ0v) is 18.0. The minimum atomic E-state index is -0.0493. The third kappa shape index (κ3) is 3.99. The van der Waals surface area contributed by atoms with E-state index in [2.05, 4.69) is 57.3 Å². The first kappa shape index (κ1) is 19.9. The van der Waals surface area contributed by atoms with E-state index in [1.165, 1.54) is 16.7 Å². The summed E-state index contributed by atoms with van der Waals surface area (Å²) in [5, 5.41) is 3.03. The molecule has 0 unspecified atom stereocenters. The predicted molar refractivity (Wildman–Crippen MR) is 123 cm³/mol. The van der Waals surface area contributed by atoms with Crippen LogP contribution in [0.25, 0.3) is 16.9 Å². The van der Waals surface area contributed by atoms with E-state index in [1.54, 1.807) is 0 Å². The Labute approximate surface area is 177 Å². The number of carbonyl (C=O) groups excluding carboxylic acids is 1. The molecule has 4 nitrogen and oxygen atoms in total. The lowest BCUT2D eigenvalue weighted by atomic mass is 10.0. The van der Waals surface area contributed by atoms with Crippen molar-refractivity contribution in [1.29, 1.82) is 0 Å². The van der Waals surface area contributed by atoms with Gasteiger partial charge in [0, 0.05) is 17.4 Å². The Balaban J connectivity index is 1.70. The van der Waals surface area contributed by atoms with Gasteiger partial charge in [-0.25, -0.2) is 4.98 Å². The first-order chi connectivity index (χ1) is 14.4. The number of hydrogen-bond donors (Lipinski definition) is 1. The van der Waals surface area contributed by atoms with Crippen LogP contribution >= 0.6 is 0 Å². The molecule has 0 aliphatic rings. The highest BCUT2D eigenvalue weighted by atomic mass is 16.1. The maximum absolute atomic E-state index is 12.9. The molecule has 1 amide bonds. The summed E-state index contributed by atoms with van der Waals surface area (Å²) in [5.41, 5.74) is 9.33. The lowest BCUT2D eigenvalue weighted by Gasteiger charge is -2.09. The minimum Gasteiger partial charge on any atom is -0.326 e. The molecule has 0 aliphatic carbocycles. The van der Waals surface area contributed by atoms with E-state index in [0.29, 0.717) is 0 Å². The second-order valence-electron chi connectivity index (χ2n) is 7.91. The Kier molecular flexibility index (Phi) is 5.40. The van der Waals surface area contributed by atoms with E-state index in [4.69, 9.17) is 4.98 Å². The van der Waals surface area contributed by atoms with Crippen LogP contribution in [0.4, 0.5) is 5.69 Å². The van der Waals surface area contributed by atoms with Crippen molar-refractivity contribution >= 4 is 17.2 Å². The molecular weight excluding hydrogens is 370 g/mol. The highest BCUT2D eigenvalue weighted by Crippen LogP contribution is 2.27. The summed E-state index contributed by atoms with van der Waals surface area (Å²) in [5.74, 6) is -0.0493. The number of benzene rings is 2. The maximum Gasteiger partial charge on any atom is 0.230 e. The van der Waals surface area contributed by atoms with E-state index in [1.807, 2.05) is 40.9 Å². The number of aromatic nitrogens is 2. The van der Waals surface area contributed by atoms with E-state index in [9.17, 15) is 4.79 Å². The molecule has 4 aromatic rings. The summed E-state index contributed by atoms with van der Waals surface area (Å²) < 4.78 is 2.03. The number of aryl methyl sites for hydroxylation is 4. The lowest BCUT2D eigenvalue weighted by molar-refractivity contribution is -0.115. The number of pyridine rings is 1. The molecular formula is C26H27N3O. The molecule has 1 N–H and O–H groups in total. The fourth-order valence-corrected chi connectivity index (χ4v) is 3.67. The van der Waals surface area contributed by atoms with Crippen LogP contribution in [0, 0.1) is 20.8 Å². The monoisotopic (exact) mass is 397 g/mol. The topological polar surface area (TPSA) is 46.4 Å².